The molecule has 1 N–H and O–H groups in total. The van der Waals surface area contributed by atoms with Crippen molar-refractivity contribution in [3.8, 4) is 0 Å². The second-order valence-electron chi connectivity index (χ2n) is 6.34. The van der Waals surface area contributed by atoms with Crippen LogP contribution in [0.3, 0.4) is 0 Å². The lowest BCUT2D eigenvalue weighted by atomic mass is 9.96. The van der Waals surface area contributed by atoms with Gasteiger partial charge in [-0.2, -0.15) is 4.98 Å². The van der Waals surface area contributed by atoms with Crippen LogP contribution < -0.4 is 10.2 Å². The lowest BCUT2D eigenvalue weighted by molar-refractivity contribution is 0.247. The quantitative estimate of drug-likeness (QED) is 0.870. The minimum absolute atomic E-state index is 0.797. The highest BCUT2D eigenvalue weighted by molar-refractivity contribution is 5.27. The summed E-state index contributed by atoms with van der Waals surface area (Å²) in [6.45, 7) is 9.95. The first kappa shape index (κ1) is 14.9. The average Bonchev–Trinajstić information content (AvgIpc) is 3.17. The van der Waals surface area contributed by atoms with Gasteiger partial charge in [-0.05, 0) is 51.2 Å². The van der Waals surface area contributed by atoms with Crippen molar-refractivity contribution in [2.75, 3.05) is 44.2 Å². The molecular weight excluding hydrogens is 264 g/mol. The van der Waals surface area contributed by atoms with Crippen LogP contribution in [0, 0.1) is 5.92 Å². The van der Waals surface area contributed by atoms with Crippen LogP contribution in [-0.2, 0) is 6.54 Å². The van der Waals surface area contributed by atoms with E-state index in [2.05, 4.69) is 27.0 Å². The topological polar surface area (TPSA) is 44.5 Å². The number of oxazole rings is 1. The lowest BCUT2D eigenvalue weighted by Gasteiger charge is -2.32. The SMILES string of the molecule is CCNCc1coc(N2CCC(CN3CCCC3)CC2)n1. The first-order valence-electron chi connectivity index (χ1n) is 8.47. The van der Waals surface area contributed by atoms with Crippen molar-refractivity contribution in [3.63, 3.8) is 0 Å². The first-order valence-corrected chi connectivity index (χ1v) is 8.47. The van der Waals surface area contributed by atoms with Crippen molar-refractivity contribution >= 4 is 6.01 Å². The molecule has 3 rings (SSSR count). The van der Waals surface area contributed by atoms with E-state index in [-0.39, 0.29) is 0 Å². The van der Waals surface area contributed by atoms with Crippen molar-refractivity contribution in [2.45, 2.75) is 39.2 Å². The second kappa shape index (κ2) is 7.27. The van der Waals surface area contributed by atoms with E-state index < -0.39 is 0 Å². The van der Waals surface area contributed by atoms with Crippen molar-refractivity contribution in [3.05, 3.63) is 12.0 Å². The first-order chi connectivity index (χ1) is 10.3. The Morgan fingerprint density at radius 2 is 2.00 bits per heavy atom. The maximum Gasteiger partial charge on any atom is 0.297 e. The van der Waals surface area contributed by atoms with Crippen LogP contribution in [-0.4, -0.2) is 49.2 Å². The highest BCUT2D eigenvalue weighted by atomic mass is 16.4. The molecule has 0 radical (unpaired) electrons. The molecule has 5 nitrogen and oxygen atoms in total. The van der Waals surface area contributed by atoms with E-state index in [0.29, 0.717) is 0 Å². The number of nitrogens with one attached hydrogen (secondary N) is 1. The zero-order valence-electron chi connectivity index (χ0n) is 13.2. The van der Waals surface area contributed by atoms with Gasteiger partial charge in [0, 0.05) is 26.2 Å². The number of hydrogen-bond donors (Lipinski definition) is 1. The predicted molar refractivity (Wildman–Crippen MR) is 84.5 cm³/mol. The number of rotatable bonds is 6. The van der Waals surface area contributed by atoms with E-state index in [4.69, 9.17) is 4.42 Å². The van der Waals surface area contributed by atoms with Crippen molar-refractivity contribution in [2.24, 2.45) is 5.92 Å². The molecule has 0 bridgehead atoms. The van der Waals surface area contributed by atoms with Crippen LogP contribution >= 0.6 is 0 Å². The third kappa shape index (κ3) is 3.98. The van der Waals surface area contributed by atoms with Gasteiger partial charge in [-0.3, -0.25) is 0 Å². The maximum absolute atomic E-state index is 5.63. The fourth-order valence-corrected chi connectivity index (χ4v) is 3.41. The highest BCUT2D eigenvalue weighted by Crippen LogP contribution is 2.24. The molecule has 0 amide bonds. The van der Waals surface area contributed by atoms with Crippen LogP contribution in [0.4, 0.5) is 6.01 Å². The molecule has 2 fully saturated rings. The fourth-order valence-electron chi connectivity index (χ4n) is 3.41. The number of piperidine rings is 1. The van der Waals surface area contributed by atoms with Gasteiger partial charge in [0.25, 0.3) is 6.01 Å². The molecule has 2 saturated heterocycles. The largest absolute Gasteiger partial charge is 0.432 e. The monoisotopic (exact) mass is 292 g/mol. The van der Waals surface area contributed by atoms with Crippen molar-refractivity contribution < 1.29 is 4.42 Å². The second-order valence-corrected chi connectivity index (χ2v) is 6.34. The molecule has 3 heterocycles. The summed E-state index contributed by atoms with van der Waals surface area (Å²) >= 11 is 0. The number of aromatic nitrogens is 1. The molecule has 0 saturated carbocycles. The summed E-state index contributed by atoms with van der Waals surface area (Å²) in [4.78, 5) is 9.53. The lowest BCUT2D eigenvalue weighted by Crippen LogP contribution is -2.38. The van der Waals surface area contributed by atoms with Gasteiger partial charge in [-0.25, -0.2) is 0 Å². The van der Waals surface area contributed by atoms with Gasteiger partial charge in [0.05, 0.1) is 5.69 Å². The van der Waals surface area contributed by atoms with Gasteiger partial charge in [-0.1, -0.05) is 6.92 Å². The smallest absolute Gasteiger partial charge is 0.297 e. The van der Waals surface area contributed by atoms with Crippen LogP contribution in [0.25, 0.3) is 0 Å². The molecule has 2 aliphatic rings. The zero-order chi connectivity index (χ0) is 14.5. The standard InChI is InChI=1S/C16H28N4O/c1-2-17-11-15-13-21-16(18-15)20-9-5-14(6-10-20)12-19-7-3-4-8-19/h13-14,17H,2-12H2,1H3. The summed E-state index contributed by atoms with van der Waals surface area (Å²) in [6, 6.07) is 0.808. The molecule has 21 heavy (non-hydrogen) atoms. The van der Waals surface area contributed by atoms with Gasteiger partial charge in [0.2, 0.25) is 0 Å². The molecule has 0 unspecified atom stereocenters. The van der Waals surface area contributed by atoms with Crippen molar-refractivity contribution in [1.82, 2.24) is 15.2 Å². The summed E-state index contributed by atoms with van der Waals surface area (Å²) in [7, 11) is 0. The number of anilines is 1. The third-order valence-electron chi connectivity index (χ3n) is 4.70. The number of nitrogens with zero attached hydrogens (tertiary/aromatic N) is 3. The summed E-state index contributed by atoms with van der Waals surface area (Å²) in [5, 5.41) is 3.28. The Balaban J connectivity index is 1.45. The van der Waals surface area contributed by atoms with Gasteiger partial charge in [0.1, 0.15) is 6.26 Å². The van der Waals surface area contributed by atoms with E-state index >= 15 is 0 Å². The molecule has 2 aliphatic heterocycles. The predicted octanol–water partition coefficient (Wildman–Crippen LogP) is 2.10. The number of likely N-dealkylation sites (tertiary alicyclic amines) is 1. The van der Waals surface area contributed by atoms with E-state index in [0.717, 1.165) is 43.8 Å². The van der Waals surface area contributed by atoms with Crippen LogP contribution in [0.1, 0.15) is 38.3 Å². The van der Waals surface area contributed by atoms with E-state index in [1.54, 1.807) is 6.26 Å². The van der Waals surface area contributed by atoms with E-state index in [1.807, 2.05) is 0 Å². The molecular formula is C16H28N4O. The molecule has 0 spiro atoms. The van der Waals surface area contributed by atoms with Crippen LogP contribution in [0.2, 0.25) is 0 Å². The van der Waals surface area contributed by atoms with Crippen LogP contribution in [0.5, 0.6) is 0 Å². The molecule has 0 aliphatic carbocycles. The highest BCUT2D eigenvalue weighted by Gasteiger charge is 2.24. The number of hydrogen-bond acceptors (Lipinski definition) is 5. The molecule has 118 valence electrons. The van der Waals surface area contributed by atoms with Gasteiger partial charge in [0.15, 0.2) is 0 Å². The summed E-state index contributed by atoms with van der Waals surface area (Å²) in [6.07, 6.45) is 7.10. The summed E-state index contributed by atoms with van der Waals surface area (Å²) < 4.78 is 5.63. The van der Waals surface area contributed by atoms with Gasteiger partial charge >= 0.3 is 0 Å². The Hall–Kier alpha value is -1.07. The molecule has 1 aromatic rings. The van der Waals surface area contributed by atoms with E-state index in [1.165, 1.54) is 45.3 Å². The minimum atomic E-state index is 0.797. The third-order valence-corrected chi connectivity index (χ3v) is 4.70. The normalized spacial score (nSPS) is 21.3. The molecule has 0 aromatic carbocycles. The molecule has 1 aromatic heterocycles. The minimum Gasteiger partial charge on any atom is -0.432 e. The van der Waals surface area contributed by atoms with E-state index in [9.17, 15) is 0 Å². The molecule has 5 heteroatoms. The maximum atomic E-state index is 5.63. The van der Waals surface area contributed by atoms with Crippen LogP contribution in [0.15, 0.2) is 10.7 Å². The summed E-state index contributed by atoms with van der Waals surface area (Å²) in [5.41, 5.74) is 1.01. The Kier molecular flexibility index (Phi) is 5.14. The fraction of sp³-hybridized carbons (Fsp3) is 0.812. The van der Waals surface area contributed by atoms with Gasteiger partial charge in [-0.15, -0.1) is 0 Å². The Bertz CT molecular complexity index is 420. The Morgan fingerprint density at radius 3 is 2.71 bits per heavy atom. The van der Waals surface area contributed by atoms with Crippen molar-refractivity contribution in [1.29, 1.82) is 0 Å². The Morgan fingerprint density at radius 1 is 1.24 bits per heavy atom. The molecule has 0 atom stereocenters. The Labute approximate surface area is 127 Å². The average molecular weight is 292 g/mol. The zero-order valence-corrected chi connectivity index (χ0v) is 13.2. The summed E-state index contributed by atoms with van der Waals surface area (Å²) in [5.74, 6) is 0.857. The van der Waals surface area contributed by atoms with Gasteiger partial charge < -0.3 is 19.5 Å².